The Balaban J connectivity index is 1.70. The summed E-state index contributed by atoms with van der Waals surface area (Å²) in [6, 6.07) is 5.77. The summed E-state index contributed by atoms with van der Waals surface area (Å²) in [4.78, 5) is 24.7. The molecule has 1 saturated heterocycles. The maximum atomic E-state index is 13.2. The highest BCUT2D eigenvalue weighted by Gasteiger charge is 2.19. The van der Waals surface area contributed by atoms with E-state index < -0.39 is 18.4 Å². The Labute approximate surface area is 116 Å². The molecule has 0 bridgehead atoms. The third kappa shape index (κ3) is 3.94. The number of amides is 1. The lowest BCUT2D eigenvalue weighted by Gasteiger charge is -2.15. The second-order valence-corrected chi connectivity index (χ2v) is 4.47. The largest absolute Gasteiger partial charge is 0.479 e. The van der Waals surface area contributed by atoms with Gasteiger partial charge in [0.15, 0.2) is 24.8 Å². The van der Waals surface area contributed by atoms with Gasteiger partial charge in [-0.15, -0.1) is 0 Å². The fourth-order valence-electron chi connectivity index (χ4n) is 1.94. The molecule has 5 nitrogen and oxygen atoms in total. The van der Waals surface area contributed by atoms with E-state index in [1.807, 2.05) is 0 Å². The molecule has 0 N–H and O–H groups in total. The van der Waals surface area contributed by atoms with Crippen LogP contribution in [0.2, 0.25) is 0 Å². The number of esters is 1. The number of hydrogen-bond acceptors (Lipinski definition) is 4. The molecular formula is C14H16FNO4. The van der Waals surface area contributed by atoms with Gasteiger partial charge in [-0.05, 0) is 25.0 Å². The van der Waals surface area contributed by atoms with Crippen LogP contribution >= 0.6 is 0 Å². The second-order valence-electron chi connectivity index (χ2n) is 4.47. The van der Waals surface area contributed by atoms with Gasteiger partial charge in [-0.25, -0.2) is 9.18 Å². The summed E-state index contributed by atoms with van der Waals surface area (Å²) in [5.74, 6) is -1.47. The Morgan fingerprint density at radius 3 is 2.55 bits per heavy atom. The van der Waals surface area contributed by atoms with Crippen LogP contribution in [0.25, 0.3) is 0 Å². The van der Waals surface area contributed by atoms with Crippen molar-refractivity contribution in [3.8, 4) is 5.75 Å². The molecule has 0 saturated carbocycles. The zero-order chi connectivity index (χ0) is 14.4. The van der Waals surface area contributed by atoms with Gasteiger partial charge in [0.05, 0.1) is 0 Å². The highest BCUT2D eigenvalue weighted by Crippen LogP contribution is 2.15. The van der Waals surface area contributed by atoms with Crippen LogP contribution in [0, 0.1) is 5.82 Å². The van der Waals surface area contributed by atoms with Gasteiger partial charge in [-0.2, -0.15) is 0 Å². The molecule has 0 spiro atoms. The molecule has 2 rings (SSSR count). The second kappa shape index (κ2) is 6.88. The third-order valence-corrected chi connectivity index (χ3v) is 3.00. The predicted octanol–water partition coefficient (Wildman–Crippen LogP) is 1.37. The first kappa shape index (κ1) is 14.3. The Hall–Kier alpha value is -2.11. The normalized spacial score (nSPS) is 14.2. The topological polar surface area (TPSA) is 55.8 Å². The fourth-order valence-corrected chi connectivity index (χ4v) is 1.94. The summed E-state index contributed by atoms with van der Waals surface area (Å²) < 4.78 is 23.0. The predicted molar refractivity (Wildman–Crippen MR) is 68.7 cm³/mol. The Bertz CT molecular complexity index is 486. The van der Waals surface area contributed by atoms with Crippen molar-refractivity contribution in [3.05, 3.63) is 30.1 Å². The van der Waals surface area contributed by atoms with Crippen molar-refractivity contribution in [1.29, 1.82) is 0 Å². The number of benzene rings is 1. The van der Waals surface area contributed by atoms with Crippen molar-refractivity contribution in [1.82, 2.24) is 4.90 Å². The van der Waals surface area contributed by atoms with E-state index >= 15 is 0 Å². The van der Waals surface area contributed by atoms with E-state index in [-0.39, 0.29) is 18.3 Å². The van der Waals surface area contributed by atoms with E-state index in [1.54, 1.807) is 11.0 Å². The van der Waals surface area contributed by atoms with Gasteiger partial charge in [-0.1, -0.05) is 12.1 Å². The van der Waals surface area contributed by atoms with E-state index in [0.29, 0.717) is 13.1 Å². The van der Waals surface area contributed by atoms with Gasteiger partial charge < -0.3 is 14.4 Å². The maximum Gasteiger partial charge on any atom is 0.344 e. The molecule has 1 aromatic carbocycles. The van der Waals surface area contributed by atoms with Crippen molar-refractivity contribution in [2.24, 2.45) is 0 Å². The van der Waals surface area contributed by atoms with Crippen molar-refractivity contribution in [3.63, 3.8) is 0 Å². The minimum atomic E-state index is -0.694. The standard InChI is InChI=1S/C14H16FNO4/c15-11-5-1-2-6-12(11)19-10-14(18)20-9-13(17)16-7-3-4-8-16/h1-2,5-6H,3-4,7-10H2. The molecule has 1 amide bonds. The molecule has 0 unspecified atom stereocenters. The minimum absolute atomic E-state index is 0.0182. The van der Waals surface area contributed by atoms with Crippen LogP contribution in [0.3, 0.4) is 0 Å². The molecule has 1 heterocycles. The zero-order valence-corrected chi connectivity index (χ0v) is 11.0. The van der Waals surface area contributed by atoms with Crippen LogP contribution in [-0.4, -0.2) is 43.1 Å². The van der Waals surface area contributed by atoms with E-state index in [9.17, 15) is 14.0 Å². The lowest BCUT2D eigenvalue weighted by atomic mass is 10.3. The van der Waals surface area contributed by atoms with Crippen LogP contribution in [0.5, 0.6) is 5.75 Å². The maximum absolute atomic E-state index is 13.2. The summed E-state index contributed by atoms with van der Waals surface area (Å²) >= 11 is 0. The first-order valence-corrected chi connectivity index (χ1v) is 6.47. The average Bonchev–Trinajstić information content (AvgIpc) is 2.98. The first-order valence-electron chi connectivity index (χ1n) is 6.47. The molecule has 1 aliphatic heterocycles. The highest BCUT2D eigenvalue weighted by atomic mass is 19.1. The van der Waals surface area contributed by atoms with Gasteiger partial charge in [0.2, 0.25) is 0 Å². The summed E-state index contributed by atoms with van der Waals surface area (Å²) in [5, 5.41) is 0. The lowest BCUT2D eigenvalue weighted by Crippen LogP contribution is -2.32. The van der Waals surface area contributed by atoms with Crippen LogP contribution in [0.1, 0.15) is 12.8 Å². The molecule has 20 heavy (non-hydrogen) atoms. The van der Waals surface area contributed by atoms with E-state index in [0.717, 1.165) is 12.8 Å². The smallest absolute Gasteiger partial charge is 0.344 e. The van der Waals surface area contributed by atoms with Crippen LogP contribution < -0.4 is 4.74 Å². The fraction of sp³-hybridized carbons (Fsp3) is 0.429. The van der Waals surface area contributed by atoms with E-state index in [2.05, 4.69) is 0 Å². The van der Waals surface area contributed by atoms with Gasteiger partial charge in [0.1, 0.15) is 0 Å². The average molecular weight is 281 g/mol. The van der Waals surface area contributed by atoms with Gasteiger partial charge in [-0.3, -0.25) is 4.79 Å². The number of rotatable bonds is 5. The molecule has 6 heteroatoms. The monoisotopic (exact) mass is 281 g/mol. The molecule has 0 atom stereocenters. The highest BCUT2D eigenvalue weighted by molar-refractivity contribution is 5.81. The van der Waals surface area contributed by atoms with E-state index in [1.165, 1.54) is 18.2 Å². The molecule has 1 aromatic rings. The Morgan fingerprint density at radius 1 is 1.15 bits per heavy atom. The molecule has 1 fully saturated rings. The summed E-state index contributed by atoms with van der Waals surface area (Å²) in [7, 11) is 0. The molecule has 0 aromatic heterocycles. The molecule has 108 valence electrons. The quantitative estimate of drug-likeness (QED) is 0.765. The van der Waals surface area contributed by atoms with Gasteiger partial charge in [0.25, 0.3) is 5.91 Å². The third-order valence-electron chi connectivity index (χ3n) is 3.00. The first-order chi connectivity index (χ1) is 9.66. The number of carbonyl (C=O) groups excluding carboxylic acids is 2. The number of ether oxygens (including phenoxy) is 2. The zero-order valence-electron chi connectivity index (χ0n) is 11.0. The summed E-state index contributed by atoms with van der Waals surface area (Å²) in [5.41, 5.74) is 0. The number of halogens is 1. The molecule has 0 aliphatic carbocycles. The van der Waals surface area contributed by atoms with Crippen molar-refractivity contribution in [2.45, 2.75) is 12.8 Å². The molecular weight excluding hydrogens is 265 g/mol. The van der Waals surface area contributed by atoms with Crippen molar-refractivity contribution < 1.29 is 23.5 Å². The minimum Gasteiger partial charge on any atom is -0.479 e. The van der Waals surface area contributed by atoms with Crippen LogP contribution in [-0.2, 0) is 14.3 Å². The summed E-state index contributed by atoms with van der Waals surface area (Å²) in [6.45, 7) is 0.706. The Kier molecular flexibility index (Phi) is 4.92. The van der Waals surface area contributed by atoms with Crippen LogP contribution in [0.15, 0.2) is 24.3 Å². The number of likely N-dealkylation sites (tertiary alicyclic amines) is 1. The summed E-state index contributed by atoms with van der Waals surface area (Å²) in [6.07, 6.45) is 1.96. The van der Waals surface area contributed by atoms with Crippen molar-refractivity contribution >= 4 is 11.9 Å². The Morgan fingerprint density at radius 2 is 1.85 bits per heavy atom. The number of carbonyl (C=O) groups is 2. The molecule has 0 radical (unpaired) electrons. The van der Waals surface area contributed by atoms with Crippen molar-refractivity contribution in [2.75, 3.05) is 26.3 Å². The number of nitrogens with zero attached hydrogens (tertiary/aromatic N) is 1. The molecule has 1 aliphatic rings. The SMILES string of the molecule is O=C(COc1ccccc1F)OCC(=O)N1CCCC1. The number of hydrogen-bond donors (Lipinski definition) is 0. The van der Waals surface area contributed by atoms with Gasteiger partial charge in [0, 0.05) is 13.1 Å². The van der Waals surface area contributed by atoms with Crippen LogP contribution in [0.4, 0.5) is 4.39 Å². The van der Waals surface area contributed by atoms with E-state index in [4.69, 9.17) is 9.47 Å². The van der Waals surface area contributed by atoms with Gasteiger partial charge >= 0.3 is 5.97 Å². The number of para-hydroxylation sites is 1. The lowest BCUT2D eigenvalue weighted by molar-refractivity contribution is -0.153.